The van der Waals surface area contributed by atoms with Gasteiger partial charge in [-0.05, 0) is 39.2 Å². The van der Waals surface area contributed by atoms with Gasteiger partial charge < -0.3 is 20.3 Å². The molecule has 27 heavy (non-hydrogen) atoms. The van der Waals surface area contributed by atoms with Crippen LogP contribution in [0, 0.1) is 0 Å². The SMILES string of the molecule is CCCCOc1ncccc1CNC(=NC)NC1CCN(C(C)C)CC1.I. The van der Waals surface area contributed by atoms with Crippen LogP contribution in [0.5, 0.6) is 5.88 Å². The van der Waals surface area contributed by atoms with Crippen LogP contribution >= 0.6 is 24.0 Å². The maximum absolute atomic E-state index is 5.81. The molecule has 1 aromatic heterocycles. The van der Waals surface area contributed by atoms with Gasteiger partial charge in [0, 0.05) is 50.5 Å². The second-order valence-corrected chi connectivity index (χ2v) is 7.14. The van der Waals surface area contributed by atoms with Crippen molar-refractivity contribution in [2.24, 2.45) is 4.99 Å². The van der Waals surface area contributed by atoms with Gasteiger partial charge in [0.15, 0.2) is 5.96 Å². The number of ether oxygens (including phenoxy) is 1. The normalized spacial score (nSPS) is 16.1. The Morgan fingerprint density at radius 2 is 2.11 bits per heavy atom. The molecule has 2 N–H and O–H groups in total. The molecule has 0 amide bonds. The molecule has 154 valence electrons. The van der Waals surface area contributed by atoms with Crippen molar-refractivity contribution in [3.8, 4) is 5.88 Å². The zero-order valence-corrected chi connectivity index (χ0v) is 19.5. The maximum atomic E-state index is 5.81. The molecule has 0 radical (unpaired) electrons. The number of unbranched alkanes of at least 4 members (excludes halogenated alkanes) is 1. The highest BCUT2D eigenvalue weighted by Crippen LogP contribution is 2.15. The van der Waals surface area contributed by atoms with E-state index in [2.05, 4.69) is 52.3 Å². The summed E-state index contributed by atoms with van der Waals surface area (Å²) in [5, 5.41) is 6.96. The molecule has 0 aliphatic carbocycles. The number of halogens is 1. The summed E-state index contributed by atoms with van der Waals surface area (Å²) in [5.74, 6) is 1.56. The lowest BCUT2D eigenvalue weighted by Gasteiger charge is -2.35. The number of hydrogen-bond acceptors (Lipinski definition) is 4. The second kappa shape index (κ2) is 13.1. The van der Waals surface area contributed by atoms with Gasteiger partial charge in [0.25, 0.3) is 0 Å². The summed E-state index contributed by atoms with van der Waals surface area (Å²) in [6, 6.07) is 5.10. The largest absolute Gasteiger partial charge is 0.477 e. The number of nitrogens with one attached hydrogen (secondary N) is 2. The average Bonchev–Trinajstić information content (AvgIpc) is 2.66. The Balaban J connectivity index is 0.00000364. The third-order valence-corrected chi connectivity index (χ3v) is 4.86. The minimum absolute atomic E-state index is 0. The van der Waals surface area contributed by atoms with Crippen LogP contribution < -0.4 is 15.4 Å². The molecule has 1 aliphatic heterocycles. The second-order valence-electron chi connectivity index (χ2n) is 7.14. The Kier molecular flexibility index (Phi) is 11.7. The Morgan fingerprint density at radius 3 is 2.74 bits per heavy atom. The van der Waals surface area contributed by atoms with Gasteiger partial charge in [-0.25, -0.2) is 4.98 Å². The van der Waals surface area contributed by atoms with Gasteiger partial charge >= 0.3 is 0 Å². The number of rotatable bonds is 8. The van der Waals surface area contributed by atoms with Gasteiger partial charge in [-0.1, -0.05) is 19.4 Å². The molecule has 0 spiro atoms. The van der Waals surface area contributed by atoms with E-state index in [0.717, 1.165) is 50.3 Å². The third kappa shape index (κ3) is 8.21. The quantitative estimate of drug-likeness (QED) is 0.254. The van der Waals surface area contributed by atoms with Crippen molar-refractivity contribution in [3.63, 3.8) is 0 Å². The van der Waals surface area contributed by atoms with Crippen LogP contribution in [0.2, 0.25) is 0 Å². The zero-order valence-electron chi connectivity index (χ0n) is 17.2. The molecular weight excluding hydrogens is 453 g/mol. The fourth-order valence-electron chi connectivity index (χ4n) is 3.13. The molecule has 0 saturated carbocycles. The van der Waals surface area contributed by atoms with Crippen LogP contribution in [0.15, 0.2) is 23.3 Å². The smallest absolute Gasteiger partial charge is 0.218 e. The van der Waals surface area contributed by atoms with Crippen molar-refractivity contribution >= 4 is 29.9 Å². The lowest BCUT2D eigenvalue weighted by atomic mass is 10.0. The first-order valence-corrected chi connectivity index (χ1v) is 9.92. The third-order valence-electron chi connectivity index (χ3n) is 4.86. The van der Waals surface area contributed by atoms with Crippen molar-refractivity contribution < 1.29 is 4.74 Å². The van der Waals surface area contributed by atoms with E-state index >= 15 is 0 Å². The molecule has 1 aromatic rings. The molecule has 2 rings (SSSR count). The first-order chi connectivity index (χ1) is 12.6. The first-order valence-electron chi connectivity index (χ1n) is 9.92. The van der Waals surface area contributed by atoms with Gasteiger partial charge in [0.1, 0.15) is 0 Å². The molecule has 0 unspecified atom stereocenters. The lowest BCUT2D eigenvalue weighted by Crippen LogP contribution is -2.49. The number of aliphatic imine (C=N–C) groups is 1. The van der Waals surface area contributed by atoms with E-state index in [4.69, 9.17) is 4.74 Å². The molecule has 1 fully saturated rings. The van der Waals surface area contributed by atoms with E-state index in [0.29, 0.717) is 31.1 Å². The molecule has 0 bridgehead atoms. The van der Waals surface area contributed by atoms with Crippen LogP contribution in [-0.4, -0.2) is 54.7 Å². The molecular formula is C20H36IN5O. The van der Waals surface area contributed by atoms with E-state index < -0.39 is 0 Å². The Labute approximate surface area is 181 Å². The number of piperidine rings is 1. The van der Waals surface area contributed by atoms with E-state index in [9.17, 15) is 0 Å². The molecule has 1 aliphatic rings. The van der Waals surface area contributed by atoms with Crippen molar-refractivity contribution in [2.45, 2.75) is 65.1 Å². The standard InChI is InChI=1S/C20H35N5O.HI/c1-5-6-14-26-19-17(8-7-11-22-19)15-23-20(21-4)24-18-9-12-25(13-10-18)16(2)3;/h7-8,11,16,18H,5-6,9-10,12-15H2,1-4H3,(H2,21,23,24);1H. The van der Waals surface area contributed by atoms with Gasteiger partial charge in [0.05, 0.1) is 6.61 Å². The Hall–Kier alpha value is -1.09. The van der Waals surface area contributed by atoms with Gasteiger partial charge in [-0.3, -0.25) is 4.99 Å². The first kappa shape index (κ1) is 23.9. The fourth-order valence-corrected chi connectivity index (χ4v) is 3.13. The minimum atomic E-state index is 0. The zero-order chi connectivity index (χ0) is 18.8. The number of hydrogen-bond donors (Lipinski definition) is 2. The van der Waals surface area contributed by atoms with Crippen LogP contribution in [0.1, 0.15) is 52.0 Å². The highest BCUT2D eigenvalue weighted by molar-refractivity contribution is 14.0. The predicted octanol–water partition coefficient (Wildman–Crippen LogP) is 3.42. The lowest BCUT2D eigenvalue weighted by molar-refractivity contribution is 0.167. The predicted molar refractivity (Wildman–Crippen MR) is 123 cm³/mol. The van der Waals surface area contributed by atoms with E-state index in [-0.39, 0.29) is 24.0 Å². The van der Waals surface area contributed by atoms with Crippen molar-refractivity contribution in [1.29, 1.82) is 0 Å². The summed E-state index contributed by atoms with van der Waals surface area (Å²) in [6.45, 7) is 10.3. The highest BCUT2D eigenvalue weighted by Gasteiger charge is 2.21. The van der Waals surface area contributed by atoms with E-state index in [1.54, 1.807) is 6.20 Å². The number of guanidine groups is 1. The molecule has 1 saturated heterocycles. The van der Waals surface area contributed by atoms with E-state index in [1.165, 1.54) is 0 Å². The van der Waals surface area contributed by atoms with Crippen molar-refractivity contribution in [3.05, 3.63) is 23.9 Å². The molecule has 6 nitrogen and oxygen atoms in total. The number of nitrogens with zero attached hydrogens (tertiary/aromatic N) is 3. The van der Waals surface area contributed by atoms with Crippen LogP contribution in [0.4, 0.5) is 0 Å². The molecule has 0 aromatic carbocycles. The summed E-state index contributed by atoms with van der Waals surface area (Å²) in [6.07, 6.45) is 6.24. The van der Waals surface area contributed by atoms with Gasteiger partial charge in [-0.2, -0.15) is 0 Å². The monoisotopic (exact) mass is 489 g/mol. The summed E-state index contributed by atoms with van der Waals surface area (Å²) in [7, 11) is 1.82. The van der Waals surface area contributed by atoms with Crippen LogP contribution in [0.3, 0.4) is 0 Å². The summed E-state index contributed by atoms with van der Waals surface area (Å²) in [4.78, 5) is 11.3. The maximum Gasteiger partial charge on any atom is 0.218 e. The number of aromatic nitrogens is 1. The van der Waals surface area contributed by atoms with Crippen LogP contribution in [-0.2, 0) is 6.54 Å². The summed E-state index contributed by atoms with van der Waals surface area (Å²) < 4.78 is 5.81. The highest BCUT2D eigenvalue weighted by atomic mass is 127. The number of pyridine rings is 1. The molecule has 7 heteroatoms. The average molecular weight is 489 g/mol. The van der Waals surface area contributed by atoms with Crippen molar-refractivity contribution in [2.75, 3.05) is 26.7 Å². The molecule has 2 heterocycles. The van der Waals surface area contributed by atoms with Crippen LogP contribution in [0.25, 0.3) is 0 Å². The van der Waals surface area contributed by atoms with Gasteiger partial charge in [-0.15, -0.1) is 24.0 Å². The van der Waals surface area contributed by atoms with E-state index in [1.807, 2.05) is 13.1 Å². The minimum Gasteiger partial charge on any atom is -0.477 e. The summed E-state index contributed by atoms with van der Waals surface area (Å²) >= 11 is 0. The Bertz CT molecular complexity index is 559. The van der Waals surface area contributed by atoms with Gasteiger partial charge in [0.2, 0.25) is 5.88 Å². The topological polar surface area (TPSA) is 61.8 Å². The fraction of sp³-hybridized carbons (Fsp3) is 0.700. The molecule has 0 atom stereocenters. The Morgan fingerprint density at radius 1 is 1.37 bits per heavy atom. The van der Waals surface area contributed by atoms with Crippen molar-refractivity contribution in [1.82, 2.24) is 20.5 Å². The summed E-state index contributed by atoms with van der Waals surface area (Å²) in [5.41, 5.74) is 1.06. The number of likely N-dealkylation sites (tertiary alicyclic amines) is 1.